The number of carbonyl (C=O) groups excluding carboxylic acids is 1. The van der Waals surface area contributed by atoms with Gasteiger partial charge < -0.3 is 20.1 Å². The first-order chi connectivity index (χ1) is 15.5. The summed E-state index contributed by atoms with van der Waals surface area (Å²) in [5.74, 6) is -1.47. The fourth-order valence-electron chi connectivity index (χ4n) is 3.84. The zero-order chi connectivity index (χ0) is 22.5. The largest absolute Gasteiger partial charge is 0.535 e. The maximum absolute atomic E-state index is 12.8. The Morgan fingerprint density at radius 3 is 2.56 bits per heavy atom. The Hall–Kier alpha value is -3.49. The van der Waals surface area contributed by atoms with E-state index in [9.17, 15) is 19.7 Å². The summed E-state index contributed by atoms with van der Waals surface area (Å²) in [5, 5.41) is 23.0. The number of carbonyl (C=O) groups is 2. The molecule has 0 amide bonds. The Balaban J connectivity index is 1.34. The highest BCUT2D eigenvalue weighted by Crippen LogP contribution is 2.36. The van der Waals surface area contributed by atoms with Crippen LogP contribution in [0.4, 0.5) is 0 Å². The quantitative estimate of drug-likeness (QED) is 0.372. The van der Waals surface area contributed by atoms with Gasteiger partial charge in [0.25, 0.3) is 0 Å². The van der Waals surface area contributed by atoms with Crippen LogP contribution in [0.3, 0.4) is 0 Å². The number of nitrogens with zero attached hydrogens (tertiary/aromatic N) is 1. The summed E-state index contributed by atoms with van der Waals surface area (Å²) >= 11 is 0. The summed E-state index contributed by atoms with van der Waals surface area (Å²) in [6.45, 7) is 1.38. The van der Waals surface area contributed by atoms with Gasteiger partial charge in [0, 0.05) is 43.3 Å². The van der Waals surface area contributed by atoms with Gasteiger partial charge in [-0.1, -0.05) is 42.5 Å². The highest BCUT2D eigenvalue weighted by atomic mass is 16.5. The molecule has 8 heteroatoms. The van der Waals surface area contributed by atoms with Gasteiger partial charge in [0.2, 0.25) is 0 Å². The van der Waals surface area contributed by atoms with E-state index in [4.69, 9.17) is 4.65 Å². The van der Waals surface area contributed by atoms with Crippen molar-refractivity contribution in [1.29, 1.82) is 0 Å². The van der Waals surface area contributed by atoms with E-state index in [0.29, 0.717) is 30.6 Å². The standard InChI is InChI=1S/C24H23BN2O5/c28-22(12-20-11-19-4-1-5-21(24(29)30)23(19)32-25(20)31)18-8-6-16(7-9-18)13-27-15-17-3-2-10-26-14-17/h1-10,14,20,27,31H,11-13,15H2,(H,29,30)/t20-/m1/s1. The van der Waals surface area contributed by atoms with Crippen molar-refractivity contribution in [2.45, 2.75) is 31.7 Å². The van der Waals surface area contributed by atoms with Gasteiger partial charge in [-0.25, -0.2) is 4.79 Å². The molecule has 2 heterocycles. The Labute approximate surface area is 186 Å². The van der Waals surface area contributed by atoms with Crippen LogP contribution in [-0.2, 0) is 19.5 Å². The second kappa shape index (κ2) is 9.76. The molecule has 7 nitrogen and oxygen atoms in total. The molecule has 0 unspecified atom stereocenters. The predicted molar refractivity (Wildman–Crippen MR) is 120 cm³/mol. The van der Waals surface area contributed by atoms with Crippen LogP contribution in [0.1, 0.15) is 43.8 Å². The van der Waals surface area contributed by atoms with Crippen molar-refractivity contribution in [1.82, 2.24) is 10.3 Å². The van der Waals surface area contributed by atoms with E-state index in [-0.39, 0.29) is 23.5 Å². The number of Topliss-reactive ketones (excluding diaryl/α,β-unsaturated/α-hetero) is 1. The van der Waals surface area contributed by atoms with Crippen LogP contribution in [0.5, 0.6) is 5.75 Å². The lowest BCUT2D eigenvalue weighted by atomic mass is 9.64. The third kappa shape index (κ3) is 5.04. The molecule has 3 N–H and O–H groups in total. The number of benzene rings is 2. The molecule has 32 heavy (non-hydrogen) atoms. The van der Waals surface area contributed by atoms with E-state index in [1.165, 1.54) is 6.07 Å². The number of fused-ring (bicyclic) bond motifs is 1. The number of pyridine rings is 1. The molecule has 0 spiro atoms. The van der Waals surface area contributed by atoms with Crippen molar-refractivity contribution in [2.24, 2.45) is 0 Å². The summed E-state index contributed by atoms with van der Waals surface area (Å²) in [5.41, 5.74) is 3.42. The van der Waals surface area contributed by atoms with Crippen LogP contribution in [0, 0.1) is 0 Å². The van der Waals surface area contributed by atoms with E-state index in [1.54, 1.807) is 30.5 Å². The lowest BCUT2D eigenvalue weighted by Crippen LogP contribution is -2.35. The summed E-state index contributed by atoms with van der Waals surface area (Å²) in [7, 11) is -1.23. The number of rotatable bonds is 8. The zero-order valence-corrected chi connectivity index (χ0v) is 17.4. The van der Waals surface area contributed by atoms with Crippen molar-refractivity contribution in [3.63, 3.8) is 0 Å². The summed E-state index contributed by atoms with van der Waals surface area (Å²) in [4.78, 5) is 28.2. The highest BCUT2D eigenvalue weighted by Gasteiger charge is 2.37. The first-order valence-electron chi connectivity index (χ1n) is 10.4. The van der Waals surface area contributed by atoms with Crippen molar-refractivity contribution < 1.29 is 24.4 Å². The van der Waals surface area contributed by atoms with E-state index < -0.39 is 18.9 Å². The average Bonchev–Trinajstić information content (AvgIpc) is 2.80. The second-order valence-corrected chi connectivity index (χ2v) is 7.86. The van der Waals surface area contributed by atoms with Crippen molar-refractivity contribution in [3.05, 3.63) is 94.8 Å². The molecule has 3 aromatic rings. The van der Waals surface area contributed by atoms with Crippen LogP contribution in [-0.4, -0.2) is 34.0 Å². The normalized spacial score (nSPS) is 15.0. The minimum atomic E-state index is -1.23. The van der Waals surface area contributed by atoms with Crippen LogP contribution in [0.2, 0.25) is 5.82 Å². The second-order valence-electron chi connectivity index (χ2n) is 7.86. The number of hydrogen-bond acceptors (Lipinski definition) is 6. The third-order valence-electron chi connectivity index (χ3n) is 5.56. The zero-order valence-electron chi connectivity index (χ0n) is 17.4. The lowest BCUT2D eigenvalue weighted by Gasteiger charge is -2.28. The smallest absolute Gasteiger partial charge is 0.526 e. The van der Waals surface area contributed by atoms with Crippen molar-refractivity contribution in [2.75, 3.05) is 0 Å². The molecular weight excluding hydrogens is 407 g/mol. The summed E-state index contributed by atoms with van der Waals surface area (Å²) in [6.07, 6.45) is 4.04. The van der Waals surface area contributed by atoms with Crippen molar-refractivity contribution in [3.8, 4) is 5.75 Å². The molecule has 0 radical (unpaired) electrons. The Bertz CT molecular complexity index is 1110. The van der Waals surface area contributed by atoms with Gasteiger partial charge in [-0.2, -0.15) is 0 Å². The molecule has 0 aliphatic carbocycles. The number of nitrogens with one attached hydrogen (secondary N) is 1. The molecule has 162 valence electrons. The summed E-state index contributed by atoms with van der Waals surface area (Å²) in [6, 6.07) is 16.1. The van der Waals surface area contributed by atoms with Crippen LogP contribution in [0.15, 0.2) is 67.0 Å². The molecule has 1 aliphatic heterocycles. The lowest BCUT2D eigenvalue weighted by molar-refractivity contribution is 0.0693. The Morgan fingerprint density at radius 1 is 1.06 bits per heavy atom. The summed E-state index contributed by atoms with van der Waals surface area (Å²) < 4.78 is 5.48. The van der Waals surface area contributed by atoms with E-state index in [1.807, 2.05) is 30.5 Å². The number of carboxylic acids is 1. The number of hydrogen-bond donors (Lipinski definition) is 3. The topological polar surface area (TPSA) is 109 Å². The van der Waals surface area contributed by atoms with E-state index in [0.717, 1.165) is 11.1 Å². The van der Waals surface area contributed by atoms with Gasteiger partial charge in [0.15, 0.2) is 5.78 Å². The first-order valence-corrected chi connectivity index (χ1v) is 10.4. The van der Waals surface area contributed by atoms with Gasteiger partial charge in [0.05, 0.1) is 5.56 Å². The number of ketones is 1. The molecular formula is C24H23BN2O5. The predicted octanol–water partition coefficient (Wildman–Crippen LogP) is 3.13. The molecule has 1 atom stereocenters. The molecule has 0 fully saturated rings. The van der Waals surface area contributed by atoms with E-state index in [2.05, 4.69) is 10.3 Å². The monoisotopic (exact) mass is 430 g/mol. The first kappa shape index (κ1) is 21.7. The van der Waals surface area contributed by atoms with Crippen LogP contribution < -0.4 is 9.97 Å². The van der Waals surface area contributed by atoms with Gasteiger partial charge in [-0.15, -0.1) is 0 Å². The average molecular weight is 430 g/mol. The maximum Gasteiger partial charge on any atom is 0.526 e. The molecule has 1 aliphatic rings. The number of aromatic nitrogens is 1. The third-order valence-corrected chi connectivity index (χ3v) is 5.56. The highest BCUT2D eigenvalue weighted by molar-refractivity contribution is 6.47. The fraction of sp³-hybridized carbons (Fsp3) is 0.208. The maximum atomic E-state index is 12.8. The van der Waals surface area contributed by atoms with Crippen molar-refractivity contribution >= 4 is 18.9 Å². The van der Waals surface area contributed by atoms with Gasteiger partial charge >= 0.3 is 13.1 Å². The molecule has 0 saturated heterocycles. The number of para-hydroxylation sites is 1. The Morgan fingerprint density at radius 2 is 1.84 bits per heavy atom. The minimum absolute atomic E-state index is 0.0130. The van der Waals surface area contributed by atoms with Gasteiger partial charge in [-0.05, 0) is 35.2 Å². The van der Waals surface area contributed by atoms with E-state index >= 15 is 0 Å². The fourth-order valence-corrected chi connectivity index (χ4v) is 3.84. The van der Waals surface area contributed by atoms with Gasteiger partial charge in [-0.3, -0.25) is 9.78 Å². The molecule has 4 rings (SSSR count). The molecule has 2 aromatic carbocycles. The van der Waals surface area contributed by atoms with Crippen LogP contribution >= 0.6 is 0 Å². The molecule has 0 saturated carbocycles. The molecule has 0 bridgehead atoms. The minimum Gasteiger partial charge on any atom is -0.535 e. The SMILES string of the molecule is O=C(C[C@H]1Cc2cccc(C(=O)O)c2OB1O)c1ccc(CNCc2cccnc2)cc1. The Kier molecular flexibility index (Phi) is 6.63. The number of carboxylic acid groups (broad SMARTS) is 1. The molecule has 1 aromatic heterocycles. The van der Waals surface area contributed by atoms with Gasteiger partial charge in [0.1, 0.15) is 5.75 Å². The van der Waals surface area contributed by atoms with Crippen LogP contribution in [0.25, 0.3) is 0 Å². The number of aromatic carboxylic acids is 1.